The van der Waals surface area contributed by atoms with Gasteiger partial charge in [0, 0.05) is 68.9 Å². The van der Waals surface area contributed by atoms with Crippen LogP contribution < -0.4 is 15.4 Å². The lowest BCUT2D eigenvalue weighted by atomic mass is 9.90. The standard InChI is InChI=1S/C26H31N5O/c1-29-25(32)18-24(21-11-13-27-14-12-21)28-26(29)31-17-5-6-22(19-31)20-7-9-23(10-8-20)30-15-3-2-4-16-30/h7-14,18,22H,2-6,15-17,19H2,1H3. The molecule has 4 heterocycles. The minimum atomic E-state index is -0.0326. The Hall–Kier alpha value is -3.15. The van der Waals surface area contributed by atoms with Gasteiger partial charge in [-0.15, -0.1) is 0 Å². The molecule has 5 rings (SSSR count). The summed E-state index contributed by atoms with van der Waals surface area (Å²) in [7, 11) is 1.82. The van der Waals surface area contributed by atoms with Crippen molar-refractivity contribution < 1.29 is 0 Å². The topological polar surface area (TPSA) is 54.3 Å². The molecule has 2 aromatic heterocycles. The number of hydrogen-bond donors (Lipinski definition) is 0. The number of pyridine rings is 1. The summed E-state index contributed by atoms with van der Waals surface area (Å²) in [6.07, 6.45) is 9.67. The number of anilines is 2. The summed E-state index contributed by atoms with van der Waals surface area (Å²) in [5.41, 5.74) is 4.31. The Morgan fingerprint density at radius 2 is 1.59 bits per heavy atom. The SMILES string of the molecule is Cn1c(N2CCCC(c3ccc(N4CCCCC4)cc3)C2)nc(-c2ccncc2)cc1=O. The molecule has 0 bridgehead atoms. The molecule has 6 heteroatoms. The minimum absolute atomic E-state index is 0.0326. The number of piperidine rings is 2. The zero-order valence-corrected chi connectivity index (χ0v) is 18.8. The number of nitrogens with zero attached hydrogens (tertiary/aromatic N) is 5. The predicted molar refractivity (Wildman–Crippen MR) is 129 cm³/mol. The third kappa shape index (κ3) is 4.27. The second-order valence-electron chi connectivity index (χ2n) is 9.00. The van der Waals surface area contributed by atoms with Gasteiger partial charge < -0.3 is 9.80 Å². The summed E-state index contributed by atoms with van der Waals surface area (Å²) >= 11 is 0. The second kappa shape index (κ2) is 9.15. The van der Waals surface area contributed by atoms with E-state index in [0.29, 0.717) is 11.6 Å². The summed E-state index contributed by atoms with van der Waals surface area (Å²) in [5, 5.41) is 0. The predicted octanol–water partition coefficient (Wildman–Crippen LogP) is 4.22. The first-order chi connectivity index (χ1) is 15.7. The van der Waals surface area contributed by atoms with Crippen LogP contribution in [-0.2, 0) is 7.05 Å². The maximum atomic E-state index is 12.7. The fourth-order valence-electron chi connectivity index (χ4n) is 5.02. The highest BCUT2D eigenvalue weighted by molar-refractivity contribution is 5.59. The van der Waals surface area contributed by atoms with Crippen molar-refractivity contribution >= 4 is 11.6 Å². The Bertz CT molecular complexity index is 1100. The molecule has 1 aromatic carbocycles. The highest BCUT2D eigenvalue weighted by Gasteiger charge is 2.25. The van der Waals surface area contributed by atoms with Gasteiger partial charge in [-0.05, 0) is 61.9 Å². The zero-order valence-electron chi connectivity index (χ0n) is 18.8. The number of aromatic nitrogens is 3. The van der Waals surface area contributed by atoms with Gasteiger partial charge in [0.05, 0.1) is 5.69 Å². The van der Waals surface area contributed by atoms with E-state index in [1.54, 1.807) is 23.0 Å². The average Bonchev–Trinajstić information content (AvgIpc) is 2.87. The smallest absolute Gasteiger partial charge is 0.255 e. The van der Waals surface area contributed by atoms with Crippen LogP contribution in [0.25, 0.3) is 11.3 Å². The van der Waals surface area contributed by atoms with Crippen LogP contribution in [0.1, 0.15) is 43.6 Å². The third-order valence-electron chi connectivity index (χ3n) is 6.88. The maximum absolute atomic E-state index is 12.7. The minimum Gasteiger partial charge on any atom is -0.372 e. The van der Waals surface area contributed by atoms with E-state index in [1.165, 1.54) is 43.6 Å². The van der Waals surface area contributed by atoms with E-state index in [2.05, 4.69) is 39.0 Å². The molecule has 0 saturated carbocycles. The molecule has 2 aliphatic rings. The fraction of sp³-hybridized carbons (Fsp3) is 0.423. The summed E-state index contributed by atoms with van der Waals surface area (Å²) in [6.45, 7) is 4.14. The van der Waals surface area contributed by atoms with E-state index < -0.39 is 0 Å². The molecule has 0 aliphatic carbocycles. The van der Waals surface area contributed by atoms with Gasteiger partial charge in [0.25, 0.3) is 5.56 Å². The van der Waals surface area contributed by atoms with E-state index in [9.17, 15) is 4.79 Å². The quantitative estimate of drug-likeness (QED) is 0.622. The molecule has 32 heavy (non-hydrogen) atoms. The van der Waals surface area contributed by atoms with Crippen LogP contribution in [0, 0.1) is 0 Å². The molecule has 2 aliphatic heterocycles. The Kier molecular flexibility index (Phi) is 5.93. The maximum Gasteiger partial charge on any atom is 0.255 e. The largest absolute Gasteiger partial charge is 0.372 e. The molecule has 0 radical (unpaired) electrons. The first-order valence-electron chi connectivity index (χ1n) is 11.8. The van der Waals surface area contributed by atoms with Crippen LogP contribution in [0.3, 0.4) is 0 Å². The molecule has 0 spiro atoms. The second-order valence-corrected chi connectivity index (χ2v) is 9.00. The van der Waals surface area contributed by atoms with Gasteiger partial charge in [-0.25, -0.2) is 4.98 Å². The zero-order chi connectivity index (χ0) is 21.9. The van der Waals surface area contributed by atoms with E-state index in [4.69, 9.17) is 4.98 Å². The summed E-state index contributed by atoms with van der Waals surface area (Å²) in [4.78, 5) is 26.4. The first kappa shape index (κ1) is 20.7. The Morgan fingerprint density at radius 3 is 2.34 bits per heavy atom. The fourth-order valence-corrected chi connectivity index (χ4v) is 5.02. The number of hydrogen-bond acceptors (Lipinski definition) is 5. The van der Waals surface area contributed by atoms with Crippen LogP contribution in [0.2, 0.25) is 0 Å². The molecule has 6 nitrogen and oxygen atoms in total. The molecule has 1 unspecified atom stereocenters. The van der Waals surface area contributed by atoms with E-state index in [0.717, 1.165) is 37.4 Å². The summed E-state index contributed by atoms with van der Waals surface area (Å²) < 4.78 is 1.67. The molecule has 0 N–H and O–H groups in total. The van der Waals surface area contributed by atoms with Gasteiger partial charge in [-0.1, -0.05) is 12.1 Å². The van der Waals surface area contributed by atoms with Gasteiger partial charge in [0.2, 0.25) is 5.95 Å². The molecule has 166 valence electrons. The van der Waals surface area contributed by atoms with Gasteiger partial charge in [0.1, 0.15) is 0 Å². The van der Waals surface area contributed by atoms with Crippen molar-refractivity contribution in [1.29, 1.82) is 0 Å². The van der Waals surface area contributed by atoms with Crippen LogP contribution in [0.5, 0.6) is 0 Å². The highest BCUT2D eigenvalue weighted by Crippen LogP contribution is 2.31. The van der Waals surface area contributed by atoms with Crippen LogP contribution in [0.4, 0.5) is 11.6 Å². The van der Waals surface area contributed by atoms with Crippen LogP contribution in [0.15, 0.2) is 59.7 Å². The normalized spacial score (nSPS) is 19.2. The molecule has 1 atom stereocenters. The molecule has 2 fully saturated rings. The van der Waals surface area contributed by atoms with Crippen molar-refractivity contribution in [2.45, 2.75) is 38.0 Å². The average molecular weight is 430 g/mol. The van der Waals surface area contributed by atoms with Crippen molar-refractivity contribution in [2.24, 2.45) is 7.05 Å². The summed E-state index contributed by atoms with van der Waals surface area (Å²) in [5.74, 6) is 1.19. The van der Waals surface area contributed by atoms with Crippen molar-refractivity contribution in [1.82, 2.24) is 14.5 Å². The lowest BCUT2D eigenvalue weighted by Crippen LogP contribution is -2.38. The molecular formula is C26H31N5O. The monoisotopic (exact) mass is 429 g/mol. The molecule has 3 aromatic rings. The Labute approximate surface area is 189 Å². The van der Waals surface area contributed by atoms with Gasteiger partial charge in [0.15, 0.2) is 0 Å². The first-order valence-corrected chi connectivity index (χ1v) is 11.8. The van der Waals surface area contributed by atoms with E-state index in [-0.39, 0.29) is 5.56 Å². The molecule has 2 saturated heterocycles. The number of rotatable bonds is 4. The lowest BCUT2D eigenvalue weighted by molar-refractivity contribution is 0.497. The van der Waals surface area contributed by atoms with E-state index in [1.807, 2.05) is 19.2 Å². The van der Waals surface area contributed by atoms with Crippen molar-refractivity contribution in [3.05, 3.63) is 70.8 Å². The third-order valence-corrected chi connectivity index (χ3v) is 6.88. The van der Waals surface area contributed by atoms with Gasteiger partial charge >= 0.3 is 0 Å². The number of benzene rings is 1. The Morgan fingerprint density at radius 1 is 0.875 bits per heavy atom. The molecular weight excluding hydrogens is 398 g/mol. The van der Waals surface area contributed by atoms with Crippen LogP contribution in [-0.4, -0.2) is 40.7 Å². The summed E-state index contributed by atoms with van der Waals surface area (Å²) in [6, 6.07) is 14.6. The Balaban J connectivity index is 1.37. The van der Waals surface area contributed by atoms with Gasteiger partial charge in [-0.2, -0.15) is 0 Å². The van der Waals surface area contributed by atoms with Crippen LogP contribution >= 0.6 is 0 Å². The van der Waals surface area contributed by atoms with Crippen molar-refractivity contribution in [3.63, 3.8) is 0 Å². The van der Waals surface area contributed by atoms with Crippen molar-refractivity contribution in [2.75, 3.05) is 36.0 Å². The molecule has 0 amide bonds. The lowest BCUT2D eigenvalue weighted by Gasteiger charge is -2.35. The highest BCUT2D eigenvalue weighted by atomic mass is 16.1. The van der Waals surface area contributed by atoms with Crippen molar-refractivity contribution in [3.8, 4) is 11.3 Å². The van der Waals surface area contributed by atoms with E-state index >= 15 is 0 Å². The van der Waals surface area contributed by atoms with Gasteiger partial charge in [-0.3, -0.25) is 14.3 Å².